The predicted octanol–water partition coefficient (Wildman–Crippen LogP) is 1.48. The quantitative estimate of drug-likeness (QED) is 0.331. The van der Waals surface area contributed by atoms with Crippen molar-refractivity contribution < 1.29 is 28.6 Å². The molecule has 0 heterocycles. The van der Waals surface area contributed by atoms with Crippen molar-refractivity contribution in [2.24, 2.45) is 23.2 Å². The second-order valence-corrected chi connectivity index (χ2v) is 5.78. The fraction of sp³-hybridized carbons (Fsp3) is 0.688. The van der Waals surface area contributed by atoms with Gasteiger partial charge in [0.2, 0.25) is 0 Å². The van der Waals surface area contributed by atoms with E-state index < -0.39 is 23.3 Å². The minimum absolute atomic E-state index is 0.0436. The highest BCUT2D eigenvalue weighted by atomic mass is 16.6. The largest absolute Gasteiger partial charge is 0.469 e. The fourth-order valence-electron chi connectivity index (χ4n) is 3.71. The molecule has 6 nitrogen and oxygen atoms in total. The van der Waals surface area contributed by atoms with E-state index in [1.165, 1.54) is 7.11 Å². The molecule has 2 fully saturated rings. The number of carbonyl (C=O) groups is 3. The second kappa shape index (κ2) is 6.10. The van der Waals surface area contributed by atoms with Crippen molar-refractivity contribution in [2.45, 2.75) is 26.7 Å². The van der Waals surface area contributed by atoms with Gasteiger partial charge in [-0.05, 0) is 38.5 Å². The van der Waals surface area contributed by atoms with Crippen LogP contribution in [0.3, 0.4) is 0 Å². The molecule has 2 rings (SSSR count). The molecular formula is C16H22O6. The number of ether oxygens (including phenoxy) is 3. The van der Waals surface area contributed by atoms with Crippen LogP contribution in [-0.4, -0.2) is 38.2 Å². The molecule has 2 saturated carbocycles. The van der Waals surface area contributed by atoms with Gasteiger partial charge < -0.3 is 14.2 Å². The van der Waals surface area contributed by atoms with E-state index in [9.17, 15) is 14.4 Å². The molecule has 0 radical (unpaired) electrons. The molecule has 3 atom stereocenters. The third-order valence-corrected chi connectivity index (χ3v) is 4.76. The van der Waals surface area contributed by atoms with E-state index in [1.54, 1.807) is 13.8 Å². The first kappa shape index (κ1) is 16.5. The first-order valence-electron chi connectivity index (χ1n) is 7.53. The molecule has 0 N–H and O–H groups in total. The van der Waals surface area contributed by atoms with Crippen LogP contribution in [0.4, 0.5) is 0 Å². The van der Waals surface area contributed by atoms with Gasteiger partial charge in [-0.2, -0.15) is 0 Å². The summed E-state index contributed by atoms with van der Waals surface area (Å²) in [6.07, 6.45) is 0.537. The number of carbonyl (C=O) groups excluding carboxylic acids is 3. The Morgan fingerprint density at radius 1 is 1.14 bits per heavy atom. The molecular weight excluding hydrogens is 288 g/mol. The highest BCUT2D eigenvalue weighted by Gasteiger charge is 2.65. The molecule has 0 aromatic heterocycles. The Bertz CT molecular complexity index is 491. The Balaban J connectivity index is 2.27. The summed E-state index contributed by atoms with van der Waals surface area (Å²) in [6, 6.07) is 0. The van der Waals surface area contributed by atoms with Crippen LogP contribution < -0.4 is 0 Å². The summed E-state index contributed by atoms with van der Waals surface area (Å²) in [5.41, 5.74) is -0.597. The van der Waals surface area contributed by atoms with Crippen LogP contribution in [0.25, 0.3) is 0 Å². The van der Waals surface area contributed by atoms with Crippen molar-refractivity contribution in [3.63, 3.8) is 0 Å². The summed E-state index contributed by atoms with van der Waals surface area (Å²) in [5.74, 6) is -2.11. The van der Waals surface area contributed by atoms with Gasteiger partial charge in [-0.25, -0.2) is 0 Å². The summed E-state index contributed by atoms with van der Waals surface area (Å²) in [5, 5.41) is 0. The van der Waals surface area contributed by atoms with E-state index in [4.69, 9.17) is 14.2 Å². The van der Waals surface area contributed by atoms with Crippen molar-refractivity contribution in [3.8, 4) is 0 Å². The lowest BCUT2D eigenvalue weighted by Crippen LogP contribution is -2.41. The number of hydrogen-bond acceptors (Lipinski definition) is 6. The van der Waals surface area contributed by atoms with Crippen molar-refractivity contribution in [1.29, 1.82) is 0 Å². The summed E-state index contributed by atoms with van der Waals surface area (Å²) in [4.78, 5) is 36.6. The molecule has 2 aliphatic carbocycles. The monoisotopic (exact) mass is 310 g/mol. The third-order valence-electron chi connectivity index (χ3n) is 4.76. The van der Waals surface area contributed by atoms with Gasteiger partial charge in [-0.15, -0.1) is 0 Å². The fourth-order valence-corrected chi connectivity index (χ4v) is 3.71. The molecule has 6 heteroatoms. The van der Waals surface area contributed by atoms with Crippen molar-refractivity contribution in [1.82, 2.24) is 0 Å². The van der Waals surface area contributed by atoms with E-state index in [1.807, 2.05) is 0 Å². The molecule has 0 bridgehead atoms. The molecule has 0 saturated heterocycles. The number of hydrogen-bond donors (Lipinski definition) is 0. The van der Waals surface area contributed by atoms with Crippen LogP contribution in [-0.2, 0) is 28.6 Å². The zero-order chi connectivity index (χ0) is 16.5. The molecule has 0 unspecified atom stereocenters. The highest BCUT2D eigenvalue weighted by Crippen LogP contribution is 2.61. The summed E-state index contributed by atoms with van der Waals surface area (Å²) in [6.45, 7) is 7.69. The molecule has 0 aromatic carbocycles. The molecule has 122 valence electrons. The van der Waals surface area contributed by atoms with Gasteiger partial charge in [0, 0.05) is 0 Å². The van der Waals surface area contributed by atoms with Crippen molar-refractivity contribution in [2.75, 3.05) is 20.3 Å². The smallest absolute Gasteiger partial charge is 0.323 e. The predicted molar refractivity (Wildman–Crippen MR) is 76.6 cm³/mol. The SMILES string of the molecule is C=C1[C@H](C(=O)OC)[C@H]2CC(C(=O)OCC)(C(=O)OCC)C[C@@H]12. The van der Waals surface area contributed by atoms with Crippen LogP contribution >= 0.6 is 0 Å². The first-order valence-corrected chi connectivity index (χ1v) is 7.53. The minimum atomic E-state index is -1.33. The zero-order valence-corrected chi connectivity index (χ0v) is 13.2. The molecule has 2 aliphatic rings. The first-order chi connectivity index (χ1) is 10.4. The van der Waals surface area contributed by atoms with Crippen LogP contribution in [0.5, 0.6) is 0 Å². The van der Waals surface area contributed by atoms with Crippen molar-refractivity contribution >= 4 is 17.9 Å². The maximum atomic E-state index is 12.4. The Hall–Kier alpha value is -1.85. The number of methoxy groups -OCH3 is 1. The van der Waals surface area contributed by atoms with Crippen LogP contribution in [0.2, 0.25) is 0 Å². The number of fused-ring (bicyclic) bond motifs is 1. The summed E-state index contributed by atoms with van der Waals surface area (Å²) in [7, 11) is 1.32. The van der Waals surface area contributed by atoms with Gasteiger partial charge in [-0.1, -0.05) is 12.2 Å². The van der Waals surface area contributed by atoms with Crippen LogP contribution in [0.1, 0.15) is 26.7 Å². The topological polar surface area (TPSA) is 78.9 Å². The molecule has 0 aliphatic heterocycles. The van der Waals surface area contributed by atoms with Gasteiger partial charge >= 0.3 is 17.9 Å². The van der Waals surface area contributed by atoms with Gasteiger partial charge in [0.15, 0.2) is 5.41 Å². The normalized spacial score (nSPS) is 28.3. The lowest BCUT2D eigenvalue weighted by atomic mass is 9.63. The molecule has 0 aromatic rings. The van der Waals surface area contributed by atoms with Crippen molar-refractivity contribution in [3.05, 3.63) is 12.2 Å². The van der Waals surface area contributed by atoms with E-state index in [0.717, 1.165) is 5.57 Å². The summed E-state index contributed by atoms with van der Waals surface area (Å²) >= 11 is 0. The third kappa shape index (κ3) is 2.30. The standard InChI is InChI=1S/C16H22O6/c1-5-21-14(18)16(15(19)22-6-2)7-10-9(3)12(11(10)8-16)13(17)20-4/h10-12H,3,5-8H2,1-2,4H3/t10-,11-,12-/m0/s1. The van der Waals surface area contributed by atoms with Gasteiger partial charge in [0.25, 0.3) is 0 Å². The maximum Gasteiger partial charge on any atom is 0.323 e. The Morgan fingerprint density at radius 3 is 2.14 bits per heavy atom. The van der Waals surface area contributed by atoms with E-state index in [-0.39, 0.29) is 37.4 Å². The van der Waals surface area contributed by atoms with Gasteiger partial charge in [0.1, 0.15) is 0 Å². The molecule has 0 spiro atoms. The van der Waals surface area contributed by atoms with Crippen LogP contribution in [0.15, 0.2) is 12.2 Å². The average Bonchev–Trinajstić information content (AvgIpc) is 2.84. The van der Waals surface area contributed by atoms with E-state index in [2.05, 4.69) is 6.58 Å². The highest BCUT2D eigenvalue weighted by molar-refractivity contribution is 6.01. The van der Waals surface area contributed by atoms with E-state index >= 15 is 0 Å². The number of esters is 3. The summed E-state index contributed by atoms with van der Waals surface area (Å²) < 4.78 is 15.0. The van der Waals surface area contributed by atoms with Gasteiger partial charge in [0.05, 0.1) is 26.2 Å². The lowest BCUT2D eigenvalue weighted by molar-refractivity contribution is -0.172. The zero-order valence-electron chi connectivity index (χ0n) is 13.2. The Kier molecular flexibility index (Phi) is 4.58. The number of rotatable bonds is 5. The Labute approximate surface area is 129 Å². The molecule has 22 heavy (non-hydrogen) atoms. The lowest BCUT2D eigenvalue weighted by Gasteiger charge is -2.40. The van der Waals surface area contributed by atoms with Crippen LogP contribution in [0, 0.1) is 23.2 Å². The van der Waals surface area contributed by atoms with Gasteiger partial charge in [-0.3, -0.25) is 14.4 Å². The maximum absolute atomic E-state index is 12.4. The average molecular weight is 310 g/mol. The molecule has 0 amide bonds. The second-order valence-electron chi connectivity index (χ2n) is 5.78. The minimum Gasteiger partial charge on any atom is -0.469 e. The van der Waals surface area contributed by atoms with E-state index in [0.29, 0.717) is 6.42 Å². The Morgan fingerprint density at radius 2 is 1.68 bits per heavy atom.